The Bertz CT molecular complexity index is 560. The normalized spacial score (nSPS) is 49.8. The van der Waals surface area contributed by atoms with Gasteiger partial charge < -0.3 is 5.11 Å². The maximum Gasteiger partial charge on any atom is 0.307 e. The molecule has 4 rings (SSSR count). The molecule has 0 radical (unpaired) electrons. The highest BCUT2D eigenvalue weighted by atomic mass is 16.4. The van der Waals surface area contributed by atoms with Crippen LogP contribution in [0.15, 0.2) is 23.8 Å². The summed E-state index contributed by atoms with van der Waals surface area (Å²) in [7, 11) is 0. The molecule has 0 amide bonds. The molecule has 0 bridgehead atoms. The maximum atomic E-state index is 11.7. The van der Waals surface area contributed by atoms with Gasteiger partial charge in [0.25, 0.3) is 0 Å². The minimum atomic E-state index is -0.552. The van der Waals surface area contributed by atoms with E-state index in [0.717, 1.165) is 37.5 Å². The van der Waals surface area contributed by atoms with E-state index in [2.05, 4.69) is 32.1 Å². The zero-order valence-corrected chi connectivity index (χ0v) is 13.8. The van der Waals surface area contributed by atoms with Gasteiger partial charge in [0.05, 0.1) is 5.92 Å². The molecule has 0 aliphatic heterocycles. The first-order chi connectivity index (χ1) is 10.5. The van der Waals surface area contributed by atoms with Crippen molar-refractivity contribution in [2.45, 2.75) is 58.8 Å². The highest BCUT2D eigenvalue weighted by Gasteiger charge is 2.59. The molecule has 0 aromatic carbocycles. The summed E-state index contributed by atoms with van der Waals surface area (Å²) in [5.41, 5.74) is 1.96. The van der Waals surface area contributed by atoms with Gasteiger partial charge in [-0.1, -0.05) is 37.6 Å². The first-order valence-corrected chi connectivity index (χ1v) is 9.07. The van der Waals surface area contributed by atoms with Gasteiger partial charge in [0.2, 0.25) is 0 Å². The Morgan fingerprint density at radius 3 is 2.77 bits per heavy atom. The van der Waals surface area contributed by atoms with Crippen LogP contribution in [0.3, 0.4) is 0 Å². The van der Waals surface area contributed by atoms with Gasteiger partial charge in [-0.05, 0) is 68.1 Å². The molecule has 4 aliphatic carbocycles. The molecule has 0 aromatic rings. The molecule has 22 heavy (non-hydrogen) atoms. The Kier molecular flexibility index (Phi) is 3.12. The summed E-state index contributed by atoms with van der Waals surface area (Å²) >= 11 is 0. The predicted octanol–water partition coefficient (Wildman–Crippen LogP) is 4.82. The number of hydrogen-bond donors (Lipinski definition) is 1. The fraction of sp³-hybridized carbons (Fsp3) is 0.750. The molecule has 3 saturated carbocycles. The fourth-order valence-corrected chi connectivity index (χ4v) is 6.75. The molecule has 6 atom stereocenters. The van der Waals surface area contributed by atoms with Gasteiger partial charge in [-0.3, -0.25) is 4.79 Å². The van der Waals surface area contributed by atoms with Gasteiger partial charge in [0.1, 0.15) is 0 Å². The highest BCUT2D eigenvalue weighted by Crippen LogP contribution is 2.65. The third-order valence-electron chi connectivity index (χ3n) is 7.91. The molecule has 0 spiro atoms. The van der Waals surface area contributed by atoms with Crippen LogP contribution in [0.5, 0.6) is 0 Å². The molecule has 4 aliphatic rings. The lowest BCUT2D eigenvalue weighted by Crippen LogP contribution is -2.50. The summed E-state index contributed by atoms with van der Waals surface area (Å²) in [4.78, 5) is 11.7. The van der Waals surface area contributed by atoms with Crippen molar-refractivity contribution in [2.24, 2.45) is 34.5 Å². The second kappa shape index (κ2) is 4.72. The minimum Gasteiger partial charge on any atom is -0.481 e. The third kappa shape index (κ3) is 1.76. The number of aliphatic carboxylic acids is 1. The Morgan fingerprint density at radius 2 is 2.00 bits per heavy atom. The quantitative estimate of drug-likeness (QED) is 0.705. The van der Waals surface area contributed by atoms with E-state index in [4.69, 9.17) is 0 Å². The highest BCUT2D eigenvalue weighted by molar-refractivity contribution is 5.71. The fourth-order valence-electron chi connectivity index (χ4n) is 6.75. The van der Waals surface area contributed by atoms with Crippen molar-refractivity contribution < 1.29 is 9.90 Å². The molecule has 0 unspecified atom stereocenters. The monoisotopic (exact) mass is 300 g/mol. The zero-order valence-electron chi connectivity index (χ0n) is 13.8. The molecule has 120 valence electrons. The molecule has 0 heterocycles. The summed E-state index contributed by atoms with van der Waals surface area (Å²) in [6.45, 7) is 4.72. The van der Waals surface area contributed by atoms with Crippen LogP contribution >= 0.6 is 0 Å². The van der Waals surface area contributed by atoms with Gasteiger partial charge in [-0.2, -0.15) is 0 Å². The van der Waals surface area contributed by atoms with Gasteiger partial charge in [-0.15, -0.1) is 0 Å². The van der Waals surface area contributed by atoms with E-state index in [1.165, 1.54) is 19.3 Å². The van der Waals surface area contributed by atoms with Crippen molar-refractivity contribution in [1.82, 2.24) is 0 Å². The summed E-state index contributed by atoms with van der Waals surface area (Å²) in [6.07, 6.45) is 15.2. The van der Waals surface area contributed by atoms with Crippen molar-refractivity contribution in [3.8, 4) is 0 Å². The van der Waals surface area contributed by atoms with Crippen molar-refractivity contribution >= 4 is 5.97 Å². The first-order valence-electron chi connectivity index (χ1n) is 9.07. The van der Waals surface area contributed by atoms with E-state index in [-0.39, 0.29) is 16.7 Å². The number of fused-ring (bicyclic) bond motifs is 5. The molecule has 3 fully saturated rings. The number of carbonyl (C=O) groups is 1. The number of carboxylic acids is 1. The van der Waals surface area contributed by atoms with E-state index in [9.17, 15) is 9.90 Å². The van der Waals surface area contributed by atoms with Crippen molar-refractivity contribution in [3.05, 3.63) is 23.8 Å². The molecule has 0 saturated heterocycles. The molecule has 2 heteroatoms. The molecule has 2 nitrogen and oxygen atoms in total. The standard InChI is InChI=1S/C20H28O2/c1-19-11-4-3-5-13(19)6-7-14-15-8-9-17(18(21)22)20(15,2)12-10-16(14)19/h4-5,11,14-17H,3,6-10,12H2,1-2H3,(H,21,22)/t14-,15-,16-,17+,19-,20-/m0/s1. The first kappa shape index (κ1) is 14.5. The van der Waals surface area contributed by atoms with Crippen molar-refractivity contribution in [3.63, 3.8) is 0 Å². The van der Waals surface area contributed by atoms with Crippen LogP contribution in [0.1, 0.15) is 58.8 Å². The van der Waals surface area contributed by atoms with Crippen LogP contribution in [-0.4, -0.2) is 11.1 Å². The average molecular weight is 300 g/mol. The largest absolute Gasteiger partial charge is 0.481 e. The van der Waals surface area contributed by atoms with E-state index < -0.39 is 5.97 Å². The number of hydrogen-bond acceptors (Lipinski definition) is 1. The van der Waals surface area contributed by atoms with Gasteiger partial charge in [0.15, 0.2) is 0 Å². The van der Waals surface area contributed by atoms with E-state index in [1.54, 1.807) is 5.57 Å². The topological polar surface area (TPSA) is 37.3 Å². The summed E-state index contributed by atoms with van der Waals surface area (Å²) in [5.74, 6) is 1.43. The Balaban J connectivity index is 1.68. The van der Waals surface area contributed by atoms with Gasteiger partial charge in [0, 0.05) is 5.41 Å². The Labute approximate surface area is 133 Å². The van der Waals surface area contributed by atoms with Crippen LogP contribution in [-0.2, 0) is 4.79 Å². The Hall–Kier alpha value is -1.05. The molecular formula is C20H28O2. The zero-order chi connectivity index (χ0) is 15.5. The molecule has 1 N–H and O–H groups in total. The number of rotatable bonds is 1. The van der Waals surface area contributed by atoms with Crippen LogP contribution in [0.4, 0.5) is 0 Å². The van der Waals surface area contributed by atoms with Crippen LogP contribution in [0.25, 0.3) is 0 Å². The average Bonchev–Trinajstić information content (AvgIpc) is 2.84. The van der Waals surface area contributed by atoms with Gasteiger partial charge >= 0.3 is 5.97 Å². The van der Waals surface area contributed by atoms with Crippen molar-refractivity contribution in [2.75, 3.05) is 0 Å². The third-order valence-corrected chi connectivity index (χ3v) is 7.91. The lowest BCUT2D eigenvalue weighted by molar-refractivity contribution is -0.148. The number of carboxylic acid groups (broad SMARTS) is 1. The van der Waals surface area contributed by atoms with E-state index in [1.807, 2.05) is 0 Å². The van der Waals surface area contributed by atoms with Crippen molar-refractivity contribution in [1.29, 1.82) is 0 Å². The van der Waals surface area contributed by atoms with Crippen LogP contribution in [0.2, 0.25) is 0 Å². The lowest BCUT2D eigenvalue weighted by Gasteiger charge is -2.56. The second-order valence-corrected chi connectivity index (χ2v) is 8.58. The second-order valence-electron chi connectivity index (χ2n) is 8.58. The Morgan fingerprint density at radius 1 is 1.18 bits per heavy atom. The molecular weight excluding hydrogens is 272 g/mol. The van der Waals surface area contributed by atoms with E-state index in [0.29, 0.717) is 5.92 Å². The lowest BCUT2D eigenvalue weighted by atomic mass is 9.48. The smallest absolute Gasteiger partial charge is 0.307 e. The SMILES string of the molecule is C[C@]12CC[C@H]3[C@@H](CCC4=CCC=C[C@@]43C)[C@@H]1CC[C@@H]2C(=O)O. The van der Waals surface area contributed by atoms with E-state index >= 15 is 0 Å². The predicted molar refractivity (Wildman–Crippen MR) is 87.4 cm³/mol. The van der Waals surface area contributed by atoms with Crippen LogP contribution in [0, 0.1) is 34.5 Å². The molecule has 0 aromatic heterocycles. The summed E-state index contributed by atoms with van der Waals surface area (Å²) in [5, 5.41) is 9.63. The summed E-state index contributed by atoms with van der Waals surface area (Å²) in [6, 6.07) is 0. The van der Waals surface area contributed by atoms with Crippen LogP contribution < -0.4 is 0 Å². The minimum absolute atomic E-state index is 0.0446. The summed E-state index contributed by atoms with van der Waals surface area (Å²) < 4.78 is 0. The maximum absolute atomic E-state index is 11.7. The number of allylic oxidation sites excluding steroid dienone is 4. The van der Waals surface area contributed by atoms with Gasteiger partial charge in [-0.25, -0.2) is 0 Å².